The Kier molecular flexibility index (Phi) is 3.99. The maximum atomic E-state index is 12.6. The van der Waals surface area contributed by atoms with Crippen LogP contribution in [-0.2, 0) is 0 Å². The summed E-state index contributed by atoms with van der Waals surface area (Å²) in [5.41, 5.74) is 1.62. The van der Waals surface area contributed by atoms with Crippen molar-refractivity contribution in [2.24, 2.45) is 0 Å². The van der Waals surface area contributed by atoms with Crippen LogP contribution in [0, 0.1) is 10.1 Å². The van der Waals surface area contributed by atoms with Crippen molar-refractivity contribution in [3.05, 3.63) is 39.4 Å². The molecule has 0 radical (unpaired) electrons. The van der Waals surface area contributed by atoms with Crippen LogP contribution in [0.15, 0.2) is 18.2 Å². The molecule has 3 nitrogen and oxygen atoms in total. The first-order valence-electron chi connectivity index (χ1n) is 5.31. The van der Waals surface area contributed by atoms with E-state index in [4.69, 9.17) is 0 Å². The molecule has 0 N–H and O–H groups in total. The summed E-state index contributed by atoms with van der Waals surface area (Å²) in [7, 11) is 0. The summed E-state index contributed by atoms with van der Waals surface area (Å²) in [6.45, 7) is 5.15. The summed E-state index contributed by atoms with van der Waals surface area (Å²) >= 11 is 0. The normalized spacial score (nSPS) is 12.8. The van der Waals surface area contributed by atoms with Crippen molar-refractivity contribution in [2.75, 3.05) is 6.67 Å². The lowest BCUT2D eigenvalue weighted by atomic mass is 9.94. The molecule has 1 aromatic rings. The number of non-ortho nitro benzene ring substituents is 1. The van der Waals surface area contributed by atoms with Gasteiger partial charge in [0.2, 0.25) is 0 Å². The number of rotatable bonds is 4. The fourth-order valence-corrected chi connectivity index (χ4v) is 1.47. The van der Waals surface area contributed by atoms with Gasteiger partial charge in [-0.2, -0.15) is 0 Å². The summed E-state index contributed by atoms with van der Waals surface area (Å²) in [6.07, 6.45) is 0. The second-order valence-electron chi connectivity index (χ2n) is 4.33. The van der Waals surface area contributed by atoms with Gasteiger partial charge in [0.05, 0.1) is 11.6 Å². The van der Waals surface area contributed by atoms with E-state index in [9.17, 15) is 14.5 Å². The van der Waals surface area contributed by atoms with Gasteiger partial charge in [0, 0.05) is 18.1 Å². The standard InChI is InChI=1S/C12H16FNO2/c1-8(2)10-4-11(9(3)7-13)6-12(5-10)14(15)16/h4-6,8-9H,7H2,1-3H3. The zero-order valence-corrected chi connectivity index (χ0v) is 9.74. The Morgan fingerprint density at radius 3 is 2.25 bits per heavy atom. The summed E-state index contributed by atoms with van der Waals surface area (Å²) in [5.74, 6) is -0.0946. The molecule has 0 saturated heterocycles. The van der Waals surface area contributed by atoms with Crippen LogP contribution in [0.25, 0.3) is 0 Å². The van der Waals surface area contributed by atoms with Gasteiger partial charge in [-0.1, -0.05) is 26.8 Å². The molecule has 4 heteroatoms. The minimum absolute atomic E-state index is 0.0431. The minimum Gasteiger partial charge on any atom is -0.258 e. The van der Waals surface area contributed by atoms with E-state index in [1.54, 1.807) is 13.0 Å². The summed E-state index contributed by atoms with van der Waals surface area (Å²) in [6, 6.07) is 4.86. The van der Waals surface area contributed by atoms with E-state index in [1.807, 2.05) is 19.9 Å². The Morgan fingerprint density at radius 2 is 1.81 bits per heavy atom. The number of benzene rings is 1. The summed E-state index contributed by atoms with van der Waals surface area (Å²) in [4.78, 5) is 10.3. The number of alkyl halides is 1. The number of halogens is 1. The van der Waals surface area contributed by atoms with Gasteiger partial charge in [-0.3, -0.25) is 14.5 Å². The molecule has 0 spiro atoms. The lowest BCUT2D eigenvalue weighted by Gasteiger charge is -2.11. The molecule has 0 aliphatic carbocycles. The zero-order chi connectivity index (χ0) is 12.3. The minimum atomic E-state index is -0.501. The van der Waals surface area contributed by atoms with Crippen LogP contribution < -0.4 is 0 Å². The first-order valence-corrected chi connectivity index (χ1v) is 5.31. The molecule has 16 heavy (non-hydrogen) atoms. The number of hydrogen-bond acceptors (Lipinski definition) is 2. The SMILES string of the molecule is CC(C)c1cc(C(C)CF)cc([N+](=O)[O-])c1. The van der Waals surface area contributed by atoms with E-state index in [-0.39, 0.29) is 17.5 Å². The average molecular weight is 225 g/mol. The predicted molar refractivity (Wildman–Crippen MR) is 61.6 cm³/mol. The molecular weight excluding hydrogens is 209 g/mol. The molecule has 0 aromatic heterocycles. The van der Waals surface area contributed by atoms with Crippen molar-refractivity contribution in [1.82, 2.24) is 0 Å². The van der Waals surface area contributed by atoms with Gasteiger partial charge in [-0.05, 0) is 17.0 Å². The van der Waals surface area contributed by atoms with Crippen molar-refractivity contribution in [2.45, 2.75) is 32.6 Å². The number of nitrogens with zero attached hydrogens (tertiary/aromatic N) is 1. The first kappa shape index (κ1) is 12.6. The van der Waals surface area contributed by atoms with Gasteiger partial charge >= 0.3 is 0 Å². The molecule has 0 aliphatic rings. The first-order chi connectivity index (χ1) is 7.45. The Balaban J connectivity index is 3.24. The molecule has 1 atom stereocenters. The van der Waals surface area contributed by atoms with E-state index >= 15 is 0 Å². The van der Waals surface area contributed by atoms with Crippen LogP contribution in [-0.4, -0.2) is 11.6 Å². The van der Waals surface area contributed by atoms with E-state index in [0.717, 1.165) is 5.56 Å². The number of nitro benzene ring substituents is 1. The van der Waals surface area contributed by atoms with Gasteiger partial charge in [-0.25, -0.2) is 0 Å². The lowest BCUT2D eigenvalue weighted by molar-refractivity contribution is -0.385. The Morgan fingerprint density at radius 1 is 1.25 bits per heavy atom. The largest absolute Gasteiger partial charge is 0.269 e. The fourth-order valence-electron chi connectivity index (χ4n) is 1.47. The van der Waals surface area contributed by atoms with Crippen LogP contribution >= 0.6 is 0 Å². The third kappa shape index (κ3) is 2.78. The van der Waals surface area contributed by atoms with E-state index < -0.39 is 11.6 Å². The van der Waals surface area contributed by atoms with Crippen LogP contribution in [0.3, 0.4) is 0 Å². The highest BCUT2D eigenvalue weighted by molar-refractivity contribution is 5.41. The second-order valence-corrected chi connectivity index (χ2v) is 4.33. The Bertz CT molecular complexity index is 391. The molecule has 0 amide bonds. The maximum absolute atomic E-state index is 12.6. The van der Waals surface area contributed by atoms with Gasteiger partial charge in [-0.15, -0.1) is 0 Å². The van der Waals surface area contributed by atoms with Gasteiger partial charge in [0.15, 0.2) is 0 Å². The molecule has 1 aromatic carbocycles. The molecule has 0 fully saturated rings. The quantitative estimate of drug-likeness (QED) is 0.578. The third-order valence-corrected chi connectivity index (χ3v) is 2.64. The molecule has 1 unspecified atom stereocenters. The molecule has 0 aliphatic heterocycles. The van der Waals surface area contributed by atoms with Crippen molar-refractivity contribution < 1.29 is 9.31 Å². The second kappa shape index (κ2) is 5.05. The molecule has 1 rings (SSSR count). The van der Waals surface area contributed by atoms with Crippen LogP contribution in [0.5, 0.6) is 0 Å². The fraction of sp³-hybridized carbons (Fsp3) is 0.500. The number of nitro groups is 1. The third-order valence-electron chi connectivity index (χ3n) is 2.64. The Hall–Kier alpha value is -1.45. The Labute approximate surface area is 94.4 Å². The van der Waals surface area contributed by atoms with Crippen molar-refractivity contribution in [3.63, 3.8) is 0 Å². The van der Waals surface area contributed by atoms with Crippen molar-refractivity contribution in [1.29, 1.82) is 0 Å². The van der Waals surface area contributed by atoms with E-state index in [2.05, 4.69) is 0 Å². The lowest BCUT2D eigenvalue weighted by Crippen LogP contribution is -2.00. The van der Waals surface area contributed by atoms with Crippen molar-refractivity contribution in [3.8, 4) is 0 Å². The van der Waals surface area contributed by atoms with Crippen LogP contribution in [0.2, 0.25) is 0 Å². The highest BCUT2D eigenvalue weighted by Gasteiger charge is 2.15. The van der Waals surface area contributed by atoms with Crippen molar-refractivity contribution >= 4 is 5.69 Å². The summed E-state index contributed by atoms with van der Waals surface area (Å²) < 4.78 is 12.6. The smallest absolute Gasteiger partial charge is 0.258 e. The van der Waals surface area contributed by atoms with Gasteiger partial charge in [0.25, 0.3) is 5.69 Å². The molecule has 0 saturated carbocycles. The number of hydrogen-bond donors (Lipinski definition) is 0. The monoisotopic (exact) mass is 225 g/mol. The highest BCUT2D eigenvalue weighted by atomic mass is 19.1. The predicted octanol–water partition coefficient (Wildman–Crippen LogP) is 3.79. The van der Waals surface area contributed by atoms with Crippen LogP contribution in [0.4, 0.5) is 10.1 Å². The summed E-state index contributed by atoms with van der Waals surface area (Å²) in [5, 5.41) is 10.8. The highest BCUT2D eigenvalue weighted by Crippen LogP contribution is 2.27. The molecule has 0 heterocycles. The zero-order valence-electron chi connectivity index (χ0n) is 9.74. The molecule has 0 bridgehead atoms. The molecule has 88 valence electrons. The van der Waals surface area contributed by atoms with E-state index in [0.29, 0.717) is 5.56 Å². The molecular formula is C12H16FNO2. The van der Waals surface area contributed by atoms with Gasteiger partial charge in [0.1, 0.15) is 0 Å². The van der Waals surface area contributed by atoms with Crippen LogP contribution in [0.1, 0.15) is 43.7 Å². The maximum Gasteiger partial charge on any atom is 0.269 e. The topological polar surface area (TPSA) is 43.1 Å². The average Bonchev–Trinajstić information content (AvgIpc) is 2.27. The van der Waals surface area contributed by atoms with Gasteiger partial charge < -0.3 is 0 Å². The van der Waals surface area contributed by atoms with E-state index in [1.165, 1.54) is 6.07 Å².